The smallest absolute Gasteiger partial charge is 0.264 e. The quantitative estimate of drug-likeness (QED) is 0.147. The first kappa shape index (κ1) is 33.7. The lowest BCUT2D eigenvalue weighted by atomic mass is 9.88. The molecule has 7 nitrogen and oxygen atoms in total. The molecular weight excluding hydrogens is 657 g/mol. The predicted molar refractivity (Wildman–Crippen MR) is 177 cm³/mol. The number of thioether (sulfide) groups is 2. The van der Waals surface area contributed by atoms with Gasteiger partial charge in [0.15, 0.2) is 0 Å². The van der Waals surface area contributed by atoms with Crippen LogP contribution in [0.3, 0.4) is 0 Å². The van der Waals surface area contributed by atoms with E-state index in [2.05, 4.69) is 36.1 Å². The molecular formula is C29H35Cl2NO6S4. The third kappa shape index (κ3) is 9.66. The summed E-state index contributed by atoms with van der Waals surface area (Å²) in [5, 5.41) is 2.56. The molecule has 2 unspecified atom stereocenters. The molecule has 1 aromatic carbocycles. The van der Waals surface area contributed by atoms with Crippen molar-refractivity contribution in [3.8, 4) is 0 Å². The van der Waals surface area contributed by atoms with Crippen LogP contribution in [-0.4, -0.2) is 49.2 Å². The van der Waals surface area contributed by atoms with Crippen molar-refractivity contribution in [1.82, 2.24) is 0 Å². The number of fused-ring (bicyclic) bond motifs is 2. The molecule has 0 spiro atoms. The monoisotopic (exact) mass is 691 g/mol. The van der Waals surface area contributed by atoms with Crippen molar-refractivity contribution in [2.24, 2.45) is 5.92 Å². The van der Waals surface area contributed by atoms with Gasteiger partial charge in [0.25, 0.3) is 20.2 Å². The fraction of sp³-hybridized carbons (Fsp3) is 0.448. The van der Waals surface area contributed by atoms with E-state index < -0.39 is 20.2 Å². The van der Waals surface area contributed by atoms with Gasteiger partial charge in [0, 0.05) is 37.6 Å². The zero-order chi connectivity index (χ0) is 30.5. The molecule has 2 N–H and O–H groups in total. The molecule has 13 heteroatoms. The summed E-state index contributed by atoms with van der Waals surface area (Å²) in [5.74, 6) is -0.394. The zero-order valence-corrected chi connectivity index (χ0v) is 28.0. The van der Waals surface area contributed by atoms with Gasteiger partial charge in [-0.1, -0.05) is 60.5 Å². The van der Waals surface area contributed by atoms with Crippen molar-refractivity contribution in [3.05, 3.63) is 79.7 Å². The lowest BCUT2D eigenvalue weighted by molar-refractivity contribution is 0.477. The van der Waals surface area contributed by atoms with Gasteiger partial charge in [-0.15, -0.1) is 11.8 Å². The Balaban J connectivity index is 1.64. The van der Waals surface area contributed by atoms with E-state index in [1.807, 2.05) is 24.3 Å². The van der Waals surface area contributed by atoms with Crippen LogP contribution in [0.4, 0.5) is 5.69 Å². The van der Waals surface area contributed by atoms with Gasteiger partial charge in [-0.3, -0.25) is 9.11 Å². The Morgan fingerprint density at radius 3 is 2.45 bits per heavy atom. The Morgan fingerprint density at radius 2 is 1.76 bits per heavy atom. The molecule has 2 atom stereocenters. The SMILES string of the molecule is CCCC(/C=C1\Sc2ccc(Cl)cc2N1CCCCS(=O)(=O)O)=C\C1=C(CCCCS(=O)(=O)O)C2C=C(Cl)C=CC2S1. The number of allylic oxidation sites excluding steroid dienone is 7. The summed E-state index contributed by atoms with van der Waals surface area (Å²) in [4.78, 5) is 4.39. The summed E-state index contributed by atoms with van der Waals surface area (Å²) in [6, 6.07) is 5.77. The topological polar surface area (TPSA) is 112 Å². The summed E-state index contributed by atoms with van der Waals surface area (Å²) in [6.45, 7) is 2.71. The van der Waals surface area contributed by atoms with Crippen molar-refractivity contribution < 1.29 is 25.9 Å². The molecule has 0 fully saturated rings. The largest absolute Gasteiger partial charge is 0.335 e. The highest BCUT2D eigenvalue weighted by atomic mass is 35.5. The fourth-order valence-electron chi connectivity index (χ4n) is 5.21. The lowest BCUT2D eigenvalue weighted by Gasteiger charge is -2.21. The van der Waals surface area contributed by atoms with Gasteiger partial charge < -0.3 is 4.90 Å². The first-order valence-corrected chi connectivity index (χ1v) is 19.5. The van der Waals surface area contributed by atoms with Gasteiger partial charge >= 0.3 is 0 Å². The fourth-order valence-corrected chi connectivity index (χ4v) is 9.32. The zero-order valence-electron chi connectivity index (χ0n) is 23.2. The molecule has 2 heterocycles. The van der Waals surface area contributed by atoms with Crippen molar-refractivity contribution in [1.29, 1.82) is 0 Å². The summed E-state index contributed by atoms with van der Waals surface area (Å²) in [6.07, 6.45) is 15.0. The highest BCUT2D eigenvalue weighted by molar-refractivity contribution is 8.04. The molecule has 0 bridgehead atoms. The number of rotatable bonds is 14. The van der Waals surface area contributed by atoms with Crippen LogP contribution >= 0.6 is 46.7 Å². The Labute approximate surface area is 267 Å². The first-order chi connectivity index (χ1) is 19.8. The minimum absolute atomic E-state index is 0.131. The first-order valence-electron chi connectivity index (χ1n) is 13.9. The van der Waals surface area contributed by atoms with Crippen LogP contribution in [0.5, 0.6) is 0 Å². The lowest BCUT2D eigenvalue weighted by Crippen LogP contribution is -2.20. The predicted octanol–water partition coefficient (Wildman–Crippen LogP) is 8.22. The number of hydrogen-bond acceptors (Lipinski definition) is 7. The van der Waals surface area contributed by atoms with E-state index in [0.29, 0.717) is 48.7 Å². The van der Waals surface area contributed by atoms with Crippen LogP contribution in [0.1, 0.15) is 51.9 Å². The van der Waals surface area contributed by atoms with Crippen LogP contribution in [0.2, 0.25) is 5.02 Å². The minimum atomic E-state index is -4.01. The maximum absolute atomic E-state index is 11.2. The van der Waals surface area contributed by atoms with E-state index in [0.717, 1.165) is 38.9 Å². The highest BCUT2D eigenvalue weighted by Crippen LogP contribution is 2.50. The molecule has 1 aliphatic carbocycles. The van der Waals surface area contributed by atoms with Gasteiger partial charge in [0.05, 0.1) is 22.2 Å². The van der Waals surface area contributed by atoms with Gasteiger partial charge in [0.1, 0.15) is 0 Å². The van der Waals surface area contributed by atoms with Crippen LogP contribution in [0.25, 0.3) is 0 Å². The molecule has 4 rings (SSSR count). The van der Waals surface area contributed by atoms with Crippen LogP contribution < -0.4 is 4.90 Å². The molecule has 2 aliphatic heterocycles. The average molecular weight is 693 g/mol. The number of benzene rings is 1. The standard InChI is InChI=1S/C29H35Cl2NO6S4/c1-2-7-20(16-28-23(8-3-5-14-41(33,34)35)24-18-21(30)9-11-26(24)39-28)17-29-32(13-4-6-15-42(36,37)38)25-19-22(31)10-12-27(25)40-29/h9-12,16-19,24,26H,2-8,13-15H2,1H3,(H,33,34,35)(H,36,37,38)/b20-16+,29-17-. The Kier molecular flexibility index (Phi) is 11.8. The van der Waals surface area contributed by atoms with E-state index in [4.69, 9.17) is 32.3 Å². The molecule has 42 heavy (non-hydrogen) atoms. The van der Waals surface area contributed by atoms with Gasteiger partial charge in [-0.2, -0.15) is 16.8 Å². The van der Waals surface area contributed by atoms with Crippen molar-refractivity contribution in [2.45, 2.75) is 62.0 Å². The average Bonchev–Trinajstić information content (AvgIpc) is 3.39. The minimum Gasteiger partial charge on any atom is -0.335 e. The third-order valence-electron chi connectivity index (χ3n) is 7.11. The molecule has 0 amide bonds. The number of anilines is 1. The van der Waals surface area contributed by atoms with Crippen LogP contribution in [-0.2, 0) is 20.2 Å². The molecule has 0 saturated heterocycles. The van der Waals surface area contributed by atoms with E-state index in [1.165, 1.54) is 5.57 Å². The second-order valence-electron chi connectivity index (χ2n) is 10.5. The van der Waals surface area contributed by atoms with Gasteiger partial charge in [-0.25, -0.2) is 0 Å². The maximum atomic E-state index is 11.2. The van der Waals surface area contributed by atoms with E-state index in [-0.39, 0.29) is 22.7 Å². The van der Waals surface area contributed by atoms with Crippen molar-refractivity contribution in [2.75, 3.05) is 23.0 Å². The van der Waals surface area contributed by atoms with Gasteiger partial charge in [0.2, 0.25) is 0 Å². The van der Waals surface area contributed by atoms with Crippen molar-refractivity contribution in [3.63, 3.8) is 0 Å². The molecule has 0 radical (unpaired) electrons. The summed E-state index contributed by atoms with van der Waals surface area (Å²) < 4.78 is 63.2. The van der Waals surface area contributed by atoms with Crippen LogP contribution in [0, 0.1) is 5.92 Å². The second-order valence-corrected chi connectivity index (χ2v) is 16.8. The summed E-state index contributed by atoms with van der Waals surface area (Å²) in [5.41, 5.74) is 3.36. The van der Waals surface area contributed by atoms with Crippen LogP contribution in [0.15, 0.2) is 79.6 Å². The number of hydrogen-bond donors (Lipinski definition) is 2. The van der Waals surface area contributed by atoms with E-state index in [9.17, 15) is 16.8 Å². The third-order valence-corrected chi connectivity index (χ3v) is 11.7. The second kappa shape index (κ2) is 14.7. The van der Waals surface area contributed by atoms with Crippen molar-refractivity contribution >= 4 is 72.6 Å². The molecule has 3 aliphatic rings. The Bertz CT molecular complexity index is 1550. The molecule has 1 aromatic rings. The summed E-state index contributed by atoms with van der Waals surface area (Å²) >= 11 is 16.1. The Morgan fingerprint density at radius 1 is 1.05 bits per heavy atom. The number of nitrogens with zero attached hydrogens (tertiary/aromatic N) is 1. The normalized spacial score (nSPS) is 21.7. The molecule has 0 aromatic heterocycles. The van der Waals surface area contributed by atoms with Gasteiger partial charge in [-0.05, 0) is 86.1 Å². The summed E-state index contributed by atoms with van der Waals surface area (Å²) in [7, 11) is -8.00. The van der Waals surface area contributed by atoms with E-state index >= 15 is 0 Å². The highest BCUT2D eigenvalue weighted by Gasteiger charge is 2.33. The molecule has 230 valence electrons. The number of halogens is 2. The van der Waals surface area contributed by atoms with E-state index in [1.54, 1.807) is 23.5 Å². The maximum Gasteiger partial charge on any atom is 0.264 e. The molecule has 0 saturated carbocycles. The number of unbranched alkanes of at least 4 members (excludes halogenated alkanes) is 2. The Hall–Kier alpha value is -1.18.